The smallest absolute Gasteiger partial charge is 0.147 e. The van der Waals surface area contributed by atoms with Crippen molar-refractivity contribution in [2.45, 2.75) is 26.1 Å². The predicted molar refractivity (Wildman–Crippen MR) is 53.7 cm³/mol. The topological polar surface area (TPSA) is 46.0 Å². The third-order valence-corrected chi connectivity index (χ3v) is 2.38. The molecule has 78 valence electrons. The van der Waals surface area contributed by atoms with E-state index >= 15 is 0 Å². The summed E-state index contributed by atoms with van der Waals surface area (Å²) in [7, 11) is 4.10. The molecule has 1 N–H and O–H groups in total. The Morgan fingerprint density at radius 3 is 3.07 bits per heavy atom. The van der Waals surface area contributed by atoms with Crippen molar-refractivity contribution in [1.29, 1.82) is 0 Å². The van der Waals surface area contributed by atoms with E-state index in [4.69, 9.17) is 0 Å². The molecule has 1 aliphatic heterocycles. The van der Waals surface area contributed by atoms with Crippen LogP contribution in [0.3, 0.4) is 0 Å². The van der Waals surface area contributed by atoms with Crippen LogP contribution in [0, 0.1) is 0 Å². The van der Waals surface area contributed by atoms with Crippen molar-refractivity contribution in [3.8, 4) is 0 Å². The first-order chi connectivity index (χ1) is 6.77. The molecule has 2 rings (SSSR count). The summed E-state index contributed by atoms with van der Waals surface area (Å²) in [5.74, 6) is 2.15. The minimum Gasteiger partial charge on any atom is -0.313 e. The first-order valence-corrected chi connectivity index (χ1v) is 5.04. The molecule has 1 aromatic heterocycles. The Bertz CT molecular complexity index is 304. The second-order valence-corrected chi connectivity index (χ2v) is 3.95. The van der Waals surface area contributed by atoms with E-state index in [0.29, 0.717) is 0 Å². The van der Waals surface area contributed by atoms with Crippen LogP contribution in [0.25, 0.3) is 0 Å². The average molecular weight is 195 g/mol. The summed E-state index contributed by atoms with van der Waals surface area (Å²) >= 11 is 0. The first-order valence-electron chi connectivity index (χ1n) is 5.04. The lowest BCUT2D eigenvalue weighted by atomic mass is 10.4. The second-order valence-electron chi connectivity index (χ2n) is 3.95. The van der Waals surface area contributed by atoms with Gasteiger partial charge < -0.3 is 14.8 Å². The van der Waals surface area contributed by atoms with E-state index in [0.717, 1.165) is 44.2 Å². The first kappa shape index (κ1) is 9.61. The molecule has 0 saturated heterocycles. The summed E-state index contributed by atoms with van der Waals surface area (Å²) in [4.78, 5) is 2.12. The standard InChI is InChI=1S/C9H17N5/c1-13(2)7-9-12-11-8-6-10-4-3-5-14(8)9/h10H,3-7H2,1-2H3. The zero-order valence-electron chi connectivity index (χ0n) is 8.82. The molecule has 0 radical (unpaired) electrons. The molecule has 0 fully saturated rings. The van der Waals surface area contributed by atoms with Gasteiger partial charge in [0, 0.05) is 6.54 Å². The Kier molecular flexibility index (Phi) is 2.79. The zero-order chi connectivity index (χ0) is 9.97. The van der Waals surface area contributed by atoms with Crippen molar-refractivity contribution in [2.24, 2.45) is 0 Å². The molecule has 0 unspecified atom stereocenters. The lowest BCUT2D eigenvalue weighted by Gasteiger charge is -2.10. The largest absolute Gasteiger partial charge is 0.313 e. The summed E-state index contributed by atoms with van der Waals surface area (Å²) < 4.78 is 2.24. The van der Waals surface area contributed by atoms with Crippen LogP contribution in [-0.4, -0.2) is 40.3 Å². The summed E-state index contributed by atoms with van der Waals surface area (Å²) in [6.45, 7) is 3.83. The molecule has 0 atom stereocenters. The Hall–Kier alpha value is -0.940. The van der Waals surface area contributed by atoms with Gasteiger partial charge in [0.2, 0.25) is 0 Å². The van der Waals surface area contributed by atoms with Gasteiger partial charge in [0.05, 0.1) is 13.1 Å². The molecule has 0 amide bonds. The highest BCUT2D eigenvalue weighted by Crippen LogP contribution is 2.07. The van der Waals surface area contributed by atoms with Gasteiger partial charge in [-0.1, -0.05) is 0 Å². The third kappa shape index (κ3) is 1.93. The van der Waals surface area contributed by atoms with E-state index in [1.54, 1.807) is 0 Å². The van der Waals surface area contributed by atoms with Crippen LogP contribution in [0.2, 0.25) is 0 Å². The van der Waals surface area contributed by atoms with Crippen molar-refractivity contribution in [3.05, 3.63) is 11.6 Å². The van der Waals surface area contributed by atoms with Gasteiger partial charge in [-0.3, -0.25) is 0 Å². The maximum atomic E-state index is 4.21. The molecule has 2 heterocycles. The van der Waals surface area contributed by atoms with Crippen LogP contribution >= 0.6 is 0 Å². The lowest BCUT2D eigenvalue weighted by molar-refractivity contribution is 0.379. The van der Waals surface area contributed by atoms with E-state index in [9.17, 15) is 0 Å². The Labute approximate surface area is 84.1 Å². The maximum absolute atomic E-state index is 4.21. The van der Waals surface area contributed by atoms with E-state index < -0.39 is 0 Å². The Morgan fingerprint density at radius 2 is 2.29 bits per heavy atom. The molecule has 0 bridgehead atoms. The van der Waals surface area contributed by atoms with Crippen LogP contribution in [-0.2, 0) is 19.6 Å². The SMILES string of the molecule is CN(C)Cc1nnc2n1CCCNC2. The highest BCUT2D eigenvalue weighted by atomic mass is 15.3. The van der Waals surface area contributed by atoms with Gasteiger partial charge in [-0.15, -0.1) is 10.2 Å². The maximum Gasteiger partial charge on any atom is 0.147 e. The number of aromatic nitrogens is 3. The van der Waals surface area contributed by atoms with Gasteiger partial charge in [-0.25, -0.2) is 0 Å². The highest BCUT2D eigenvalue weighted by Gasteiger charge is 2.14. The van der Waals surface area contributed by atoms with E-state index in [1.807, 2.05) is 0 Å². The van der Waals surface area contributed by atoms with E-state index in [1.165, 1.54) is 0 Å². The summed E-state index contributed by atoms with van der Waals surface area (Å²) in [5.41, 5.74) is 0. The fraction of sp³-hybridized carbons (Fsp3) is 0.778. The fourth-order valence-electron chi connectivity index (χ4n) is 1.72. The van der Waals surface area contributed by atoms with Gasteiger partial charge in [0.1, 0.15) is 11.6 Å². The van der Waals surface area contributed by atoms with Crippen LogP contribution in [0.4, 0.5) is 0 Å². The van der Waals surface area contributed by atoms with Gasteiger partial charge in [-0.2, -0.15) is 0 Å². The molecule has 1 aromatic rings. The van der Waals surface area contributed by atoms with E-state index in [2.05, 4.69) is 39.1 Å². The zero-order valence-corrected chi connectivity index (χ0v) is 8.82. The Morgan fingerprint density at radius 1 is 1.43 bits per heavy atom. The minimum absolute atomic E-state index is 0.848. The monoisotopic (exact) mass is 195 g/mol. The molecule has 0 saturated carbocycles. The van der Waals surface area contributed by atoms with Gasteiger partial charge in [0.15, 0.2) is 0 Å². The fourth-order valence-corrected chi connectivity index (χ4v) is 1.72. The summed E-state index contributed by atoms with van der Waals surface area (Å²) in [6.07, 6.45) is 1.16. The molecule has 0 spiro atoms. The molecular formula is C9H17N5. The molecule has 0 aliphatic carbocycles. The third-order valence-electron chi connectivity index (χ3n) is 2.38. The molecule has 14 heavy (non-hydrogen) atoms. The normalized spacial score (nSPS) is 16.8. The molecular weight excluding hydrogens is 178 g/mol. The number of hydrogen-bond donors (Lipinski definition) is 1. The molecule has 5 nitrogen and oxygen atoms in total. The van der Waals surface area contributed by atoms with Crippen molar-refractivity contribution >= 4 is 0 Å². The van der Waals surface area contributed by atoms with Gasteiger partial charge in [-0.05, 0) is 27.1 Å². The van der Waals surface area contributed by atoms with Crippen LogP contribution in [0.1, 0.15) is 18.1 Å². The number of fused-ring (bicyclic) bond motifs is 1. The second kappa shape index (κ2) is 4.06. The number of hydrogen-bond acceptors (Lipinski definition) is 4. The van der Waals surface area contributed by atoms with Crippen LogP contribution in [0.15, 0.2) is 0 Å². The molecule has 1 aliphatic rings. The average Bonchev–Trinajstić information content (AvgIpc) is 2.37. The summed E-state index contributed by atoms with van der Waals surface area (Å²) in [5, 5.41) is 11.7. The van der Waals surface area contributed by atoms with Crippen molar-refractivity contribution in [1.82, 2.24) is 25.0 Å². The predicted octanol–water partition coefficient (Wildman–Crippen LogP) is -0.167. The van der Waals surface area contributed by atoms with Crippen molar-refractivity contribution in [2.75, 3.05) is 20.6 Å². The lowest BCUT2D eigenvalue weighted by Crippen LogP contribution is -2.16. The Balaban J connectivity index is 2.20. The van der Waals surface area contributed by atoms with Crippen molar-refractivity contribution in [3.63, 3.8) is 0 Å². The van der Waals surface area contributed by atoms with Gasteiger partial charge >= 0.3 is 0 Å². The van der Waals surface area contributed by atoms with Crippen LogP contribution < -0.4 is 5.32 Å². The summed E-state index contributed by atoms with van der Waals surface area (Å²) in [6, 6.07) is 0. The number of nitrogens with one attached hydrogen (secondary N) is 1. The van der Waals surface area contributed by atoms with E-state index in [-0.39, 0.29) is 0 Å². The van der Waals surface area contributed by atoms with Crippen molar-refractivity contribution < 1.29 is 0 Å². The van der Waals surface area contributed by atoms with Crippen LogP contribution in [0.5, 0.6) is 0 Å². The molecule has 5 heteroatoms. The minimum atomic E-state index is 0.848. The number of rotatable bonds is 2. The highest BCUT2D eigenvalue weighted by molar-refractivity contribution is 4.97. The molecule has 0 aromatic carbocycles. The van der Waals surface area contributed by atoms with Gasteiger partial charge in [0.25, 0.3) is 0 Å². The number of nitrogens with zero attached hydrogens (tertiary/aromatic N) is 4. The quantitative estimate of drug-likeness (QED) is 0.712.